The van der Waals surface area contributed by atoms with Crippen molar-refractivity contribution in [2.45, 2.75) is 13.8 Å². The van der Waals surface area contributed by atoms with E-state index in [2.05, 4.69) is 0 Å². The van der Waals surface area contributed by atoms with E-state index in [1.807, 2.05) is 32.0 Å². The molecular formula is C18H16N2O5. The number of hydrogen-bond donors (Lipinski definition) is 0. The molecule has 0 spiro atoms. The average Bonchev–Trinajstić information content (AvgIpc) is 2.81. The first-order valence-corrected chi connectivity index (χ1v) is 7.74. The summed E-state index contributed by atoms with van der Waals surface area (Å²) in [7, 11) is 0. The minimum atomic E-state index is -0.592. The molecule has 0 saturated heterocycles. The summed E-state index contributed by atoms with van der Waals surface area (Å²) in [5, 5.41) is 10.8. The number of imide groups is 1. The molecule has 1 aliphatic rings. The van der Waals surface area contributed by atoms with Crippen LogP contribution in [0.25, 0.3) is 0 Å². The highest BCUT2D eigenvalue weighted by Crippen LogP contribution is 2.27. The van der Waals surface area contributed by atoms with Gasteiger partial charge in [0.15, 0.2) is 0 Å². The SMILES string of the molecule is Cc1cccc(C)c1OCCN1C(=O)c2ccc([N+](=O)[O-])cc2C1=O. The predicted molar refractivity (Wildman–Crippen MR) is 89.9 cm³/mol. The van der Waals surface area contributed by atoms with Gasteiger partial charge in [-0.25, -0.2) is 0 Å². The van der Waals surface area contributed by atoms with Crippen molar-refractivity contribution in [1.82, 2.24) is 4.90 Å². The zero-order chi connectivity index (χ0) is 18.1. The Morgan fingerprint density at radius 2 is 1.68 bits per heavy atom. The molecule has 7 nitrogen and oxygen atoms in total. The number of aryl methyl sites for hydroxylation is 2. The average molecular weight is 340 g/mol. The fourth-order valence-corrected chi connectivity index (χ4v) is 2.86. The monoisotopic (exact) mass is 340 g/mol. The van der Waals surface area contributed by atoms with E-state index in [4.69, 9.17) is 4.74 Å². The molecule has 0 aliphatic carbocycles. The maximum absolute atomic E-state index is 12.4. The third kappa shape index (κ3) is 2.96. The van der Waals surface area contributed by atoms with Crippen LogP contribution in [0.15, 0.2) is 36.4 Å². The Labute approximate surface area is 144 Å². The third-order valence-electron chi connectivity index (χ3n) is 4.14. The van der Waals surface area contributed by atoms with Gasteiger partial charge in [0, 0.05) is 12.1 Å². The number of carbonyl (C=O) groups is 2. The minimum Gasteiger partial charge on any atom is -0.491 e. The predicted octanol–water partition coefficient (Wildman–Crippen LogP) is 2.89. The zero-order valence-corrected chi connectivity index (χ0v) is 13.8. The van der Waals surface area contributed by atoms with E-state index in [1.165, 1.54) is 12.1 Å². The third-order valence-corrected chi connectivity index (χ3v) is 4.14. The van der Waals surface area contributed by atoms with Crippen molar-refractivity contribution in [1.29, 1.82) is 0 Å². The molecule has 2 amide bonds. The van der Waals surface area contributed by atoms with E-state index in [-0.39, 0.29) is 30.0 Å². The first-order chi connectivity index (χ1) is 11.9. The van der Waals surface area contributed by atoms with Crippen LogP contribution in [0.5, 0.6) is 5.75 Å². The normalized spacial score (nSPS) is 13.1. The van der Waals surface area contributed by atoms with Crippen molar-refractivity contribution in [3.63, 3.8) is 0 Å². The summed E-state index contributed by atoms with van der Waals surface area (Å²) < 4.78 is 5.73. The van der Waals surface area contributed by atoms with Crippen molar-refractivity contribution >= 4 is 17.5 Å². The van der Waals surface area contributed by atoms with E-state index in [0.717, 1.165) is 27.8 Å². The lowest BCUT2D eigenvalue weighted by molar-refractivity contribution is -0.384. The highest BCUT2D eigenvalue weighted by molar-refractivity contribution is 6.21. The van der Waals surface area contributed by atoms with Crippen molar-refractivity contribution < 1.29 is 19.2 Å². The van der Waals surface area contributed by atoms with Crippen molar-refractivity contribution in [3.05, 3.63) is 68.8 Å². The lowest BCUT2D eigenvalue weighted by Crippen LogP contribution is -2.33. The van der Waals surface area contributed by atoms with Crippen LogP contribution < -0.4 is 4.74 Å². The molecule has 0 bridgehead atoms. The Morgan fingerprint density at radius 1 is 1.04 bits per heavy atom. The van der Waals surface area contributed by atoms with E-state index in [9.17, 15) is 19.7 Å². The Morgan fingerprint density at radius 3 is 2.32 bits per heavy atom. The number of hydrogen-bond acceptors (Lipinski definition) is 5. The molecule has 7 heteroatoms. The van der Waals surface area contributed by atoms with Crippen LogP contribution in [0.4, 0.5) is 5.69 Å². The summed E-state index contributed by atoms with van der Waals surface area (Å²) in [6.45, 7) is 4.07. The number of benzene rings is 2. The highest BCUT2D eigenvalue weighted by Gasteiger charge is 2.36. The van der Waals surface area contributed by atoms with Crippen LogP contribution in [0, 0.1) is 24.0 Å². The van der Waals surface area contributed by atoms with Gasteiger partial charge in [0.25, 0.3) is 17.5 Å². The topological polar surface area (TPSA) is 89.8 Å². The molecule has 1 aliphatic heterocycles. The first-order valence-electron chi connectivity index (χ1n) is 7.74. The molecule has 0 radical (unpaired) electrons. The van der Waals surface area contributed by atoms with Gasteiger partial charge in [0.2, 0.25) is 0 Å². The second kappa shape index (κ2) is 6.35. The number of para-hydroxylation sites is 1. The Bertz CT molecular complexity index is 871. The number of fused-ring (bicyclic) bond motifs is 1. The number of nitro groups is 1. The molecule has 128 valence electrons. The maximum atomic E-state index is 12.4. The maximum Gasteiger partial charge on any atom is 0.270 e. The van der Waals surface area contributed by atoms with Gasteiger partial charge in [-0.2, -0.15) is 0 Å². The summed E-state index contributed by atoms with van der Waals surface area (Å²) in [5.74, 6) is -0.261. The molecule has 0 N–H and O–H groups in total. The highest BCUT2D eigenvalue weighted by atomic mass is 16.6. The second-order valence-electron chi connectivity index (χ2n) is 5.82. The number of rotatable bonds is 5. The van der Waals surface area contributed by atoms with Gasteiger partial charge in [-0.15, -0.1) is 0 Å². The van der Waals surface area contributed by atoms with Gasteiger partial charge < -0.3 is 4.74 Å². The van der Waals surface area contributed by atoms with Gasteiger partial charge in [-0.1, -0.05) is 18.2 Å². The van der Waals surface area contributed by atoms with E-state index in [1.54, 1.807) is 0 Å². The minimum absolute atomic E-state index is 0.0614. The Hall–Kier alpha value is -3.22. The standard InChI is InChI=1S/C18H16N2O5/c1-11-4-3-5-12(2)16(11)25-9-8-19-17(21)14-7-6-13(20(23)24)10-15(14)18(19)22/h3-7,10H,8-9H2,1-2H3. The molecule has 25 heavy (non-hydrogen) atoms. The van der Waals surface area contributed by atoms with Crippen LogP contribution in [0.1, 0.15) is 31.8 Å². The van der Waals surface area contributed by atoms with Gasteiger partial charge in [0.1, 0.15) is 12.4 Å². The van der Waals surface area contributed by atoms with Crippen LogP contribution in [0.2, 0.25) is 0 Å². The lowest BCUT2D eigenvalue weighted by Gasteiger charge is -2.16. The van der Waals surface area contributed by atoms with Crippen molar-refractivity contribution in [2.24, 2.45) is 0 Å². The van der Waals surface area contributed by atoms with Crippen LogP contribution in [0.3, 0.4) is 0 Å². The fraction of sp³-hybridized carbons (Fsp3) is 0.222. The molecule has 0 unspecified atom stereocenters. The summed E-state index contributed by atoms with van der Waals surface area (Å²) in [4.78, 5) is 36.0. The number of non-ortho nitro benzene ring substituents is 1. The first kappa shape index (κ1) is 16.6. The van der Waals surface area contributed by atoms with Gasteiger partial charge in [0.05, 0.1) is 22.6 Å². The molecule has 0 atom stereocenters. The molecule has 3 rings (SSSR count). The molecular weight excluding hydrogens is 324 g/mol. The zero-order valence-electron chi connectivity index (χ0n) is 13.8. The van der Waals surface area contributed by atoms with Crippen LogP contribution in [-0.2, 0) is 0 Å². The molecule has 0 saturated carbocycles. The summed E-state index contributed by atoms with van der Waals surface area (Å²) in [6, 6.07) is 9.45. The molecule has 1 heterocycles. The van der Waals surface area contributed by atoms with Gasteiger partial charge in [-0.3, -0.25) is 24.6 Å². The van der Waals surface area contributed by atoms with Crippen molar-refractivity contribution in [3.8, 4) is 5.75 Å². The van der Waals surface area contributed by atoms with E-state index < -0.39 is 16.7 Å². The number of ether oxygens (including phenoxy) is 1. The lowest BCUT2D eigenvalue weighted by atomic mass is 10.1. The number of amides is 2. The quantitative estimate of drug-likeness (QED) is 0.474. The van der Waals surface area contributed by atoms with Gasteiger partial charge >= 0.3 is 0 Å². The number of nitrogens with zero attached hydrogens (tertiary/aromatic N) is 2. The smallest absolute Gasteiger partial charge is 0.270 e. The second-order valence-corrected chi connectivity index (χ2v) is 5.82. The fourth-order valence-electron chi connectivity index (χ4n) is 2.86. The van der Waals surface area contributed by atoms with Crippen LogP contribution in [-0.4, -0.2) is 34.8 Å². The largest absolute Gasteiger partial charge is 0.491 e. The Kier molecular flexibility index (Phi) is 4.22. The van der Waals surface area contributed by atoms with Crippen molar-refractivity contribution in [2.75, 3.05) is 13.2 Å². The van der Waals surface area contributed by atoms with Gasteiger partial charge in [-0.05, 0) is 31.0 Å². The molecule has 2 aromatic carbocycles. The van der Waals surface area contributed by atoms with Crippen LogP contribution >= 0.6 is 0 Å². The number of nitro benzene ring substituents is 1. The Balaban J connectivity index is 1.73. The molecule has 0 aromatic heterocycles. The number of carbonyl (C=O) groups excluding carboxylic acids is 2. The molecule has 0 fully saturated rings. The summed E-state index contributed by atoms with van der Waals surface area (Å²) in [6.07, 6.45) is 0. The molecule has 2 aromatic rings. The van der Waals surface area contributed by atoms with E-state index in [0.29, 0.717) is 0 Å². The van der Waals surface area contributed by atoms with E-state index >= 15 is 0 Å². The summed E-state index contributed by atoms with van der Waals surface area (Å²) in [5.41, 5.74) is 1.97. The summed E-state index contributed by atoms with van der Waals surface area (Å²) >= 11 is 0.